The Labute approximate surface area is 189 Å². The van der Waals surface area contributed by atoms with Crippen LogP contribution in [0.1, 0.15) is 65.2 Å². The number of fused-ring (bicyclic) bond motifs is 3. The lowest BCUT2D eigenvalue weighted by molar-refractivity contribution is -0.132. The highest BCUT2D eigenvalue weighted by Crippen LogP contribution is 2.63. The molecule has 1 saturated heterocycles. The Morgan fingerprint density at radius 3 is 2.61 bits per heavy atom. The van der Waals surface area contributed by atoms with Crippen LogP contribution < -0.4 is 0 Å². The molecule has 178 valence electrons. The van der Waals surface area contributed by atoms with E-state index >= 15 is 0 Å². The molecule has 0 aromatic rings. The lowest BCUT2D eigenvalue weighted by Crippen LogP contribution is -2.50. The fraction of sp³-hybridized carbons (Fsp3) is 0.962. The normalized spacial score (nSPS) is 42.1. The number of ketones is 1. The Bertz CT molecular complexity index is 602. The van der Waals surface area contributed by atoms with Crippen molar-refractivity contribution in [1.29, 1.82) is 0 Å². The number of carbonyl (C=O) groups is 1. The summed E-state index contributed by atoms with van der Waals surface area (Å²) in [6.45, 7) is 8.85. The van der Waals surface area contributed by atoms with E-state index < -0.39 is 0 Å². The van der Waals surface area contributed by atoms with Gasteiger partial charge in [-0.3, -0.25) is 9.69 Å². The Morgan fingerprint density at radius 2 is 1.94 bits per heavy atom. The van der Waals surface area contributed by atoms with Crippen molar-refractivity contribution in [2.75, 3.05) is 46.6 Å². The lowest BCUT2D eigenvalue weighted by Gasteiger charge is -2.55. The summed E-state index contributed by atoms with van der Waals surface area (Å²) >= 11 is 0. The Kier molecular flexibility index (Phi) is 7.78. The Balaban J connectivity index is 1.46. The topological polar surface area (TPSA) is 59.0 Å². The van der Waals surface area contributed by atoms with Gasteiger partial charge in [0.1, 0.15) is 5.78 Å². The summed E-state index contributed by atoms with van der Waals surface area (Å²) in [5.74, 6) is 4.35. The third-order valence-corrected chi connectivity index (χ3v) is 9.99. The van der Waals surface area contributed by atoms with Gasteiger partial charge in [0.15, 0.2) is 0 Å². The fourth-order valence-corrected chi connectivity index (χ4v) is 8.28. The first-order chi connectivity index (χ1) is 15.0. The van der Waals surface area contributed by atoms with E-state index in [0.717, 1.165) is 56.9 Å². The number of carbonyl (C=O) groups excluding carboxylic acids is 1. The average molecular weight is 436 g/mol. The summed E-state index contributed by atoms with van der Waals surface area (Å²) in [4.78, 5) is 15.7. The summed E-state index contributed by atoms with van der Waals surface area (Å²) in [6, 6.07) is 0. The van der Waals surface area contributed by atoms with Crippen LogP contribution >= 0.6 is 0 Å². The van der Waals surface area contributed by atoms with Gasteiger partial charge >= 0.3 is 0 Å². The first-order valence-corrected chi connectivity index (χ1v) is 13.0. The highest BCUT2D eigenvalue weighted by molar-refractivity contribution is 5.84. The van der Waals surface area contributed by atoms with E-state index in [0.29, 0.717) is 24.2 Å². The van der Waals surface area contributed by atoms with Crippen molar-refractivity contribution in [2.45, 2.75) is 71.3 Å². The summed E-state index contributed by atoms with van der Waals surface area (Å²) in [5, 5.41) is 9.76. The molecule has 3 aliphatic carbocycles. The van der Waals surface area contributed by atoms with Gasteiger partial charge in [-0.1, -0.05) is 20.3 Å². The monoisotopic (exact) mass is 435 g/mol. The predicted molar refractivity (Wildman–Crippen MR) is 122 cm³/mol. The van der Waals surface area contributed by atoms with Gasteiger partial charge < -0.3 is 14.6 Å². The second-order valence-electron chi connectivity index (χ2n) is 11.1. The van der Waals surface area contributed by atoms with Gasteiger partial charge in [0, 0.05) is 26.1 Å². The molecular weight excluding hydrogens is 390 g/mol. The molecule has 0 unspecified atom stereocenters. The number of hydrogen-bond acceptors (Lipinski definition) is 5. The zero-order valence-electron chi connectivity index (χ0n) is 20.1. The minimum Gasteiger partial charge on any atom is -0.394 e. The molecule has 4 aliphatic rings. The number of Topliss-reactive ketones (excluding diaryl/α,β-unsaturated/α-hetero) is 1. The molecule has 1 aliphatic heterocycles. The second kappa shape index (κ2) is 10.2. The van der Waals surface area contributed by atoms with Crippen molar-refractivity contribution >= 4 is 5.78 Å². The third-order valence-electron chi connectivity index (χ3n) is 9.99. The average Bonchev–Trinajstić information content (AvgIpc) is 3.15. The van der Waals surface area contributed by atoms with Crippen LogP contribution in [0.5, 0.6) is 0 Å². The van der Waals surface area contributed by atoms with E-state index in [2.05, 4.69) is 18.7 Å². The van der Waals surface area contributed by atoms with Crippen molar-refractivity contribution in [3.05, 3.63) is 0 Å². The van der Waals surface area contributed by atoms with E-state index in [1.165, 1.54) is 38.5 Å². The maximum absolute atomic E-state index is 13.4. The molecule has 4 fully saturated rings. The van der Waals surface area contributed by atoms with Gasteiger partial charge in [-0.05, 0) is 80.0 Å². The zero-order chi connectivity index (χ0) is 22.0. The Hall–Kier alpha value is -0.490. The summed E-state index contributed by atoms with van der Waals surface area (Å²) in [6.07, 6.45) is 9.61. The molecule has 0 radical (unpaired) electrons. The molecular formula is C26H45NO4. The zero-order valence-corrected chi connectivity index (χ0v) is 20.1. The molecule has 1 N–H and O–H groups in total. The van der Waals surface area contributed by atoms with Crippen molar-refractivity contribution in [3.63, 3.8) is 0 Å². The molecule has 8 atom stereocenters. The highest BCUT2D eigenvalue weighted by Gasteiger charge is 2.57. The number of nitrogens with zero attached hydrogens (tertiary/aromatic N) is 1. The van der Waals surface area contributed by atoms with Crippen LogP contribution in [0.25, 0.3) is 0 Å². The molecule has 0 aromatic carbocycles. The van der Waals surface area contributed by atoms with Crippen LogP contribution in [0.2, 0.25) is 0 Å². The summed E-state index contributed by atoms with van der Waals surface area (Å²) in [5.41, 5.74) is 0.186. The number of aliphatic hydroxyl groups is 1. The third kappa shape index (κ3) is 4.62. The van der Waals surface area contributed by atoms with Crippen LogP contribution in [0.3, 0.4) is 0 Å². The maximum atomic E-state index is 13.4. The van der Waals surface area contributed by atoms with Gasteiger partial charge in [0.25, 0.3) is 0 Å². The quantitative estimate of drug-likeness (QED) is 0.629. The number of ether oxygens (including phenoxy) is 2. The SMILES string of the molecule is CC[C@@H]1CC[C@@H]2[C@H](CC[C@]3(C)[C@@H](C(=O)CN4CCOCC4)CC[C@@H]23)[C@H]1C[C@@H](CO)OC. The standard InChI is InChI=1S/C26H45NO4/c1-4-18-5-6-21-20(22(18)15-19(17-28)30-3)9-10-26(2)23(21)7-8-24(26)25(29)16-27-11-13-31-14-12-27/h18-24,28H,4-17H2,1-3H3/t18-,19+,20+,21-,22+,23+,24-,26+/m1/s1. The van der Waals surface area contributed by atoms with Crippen molar-refractivity contribution in [3.8, 4) is 0 Å². The number of rotatable bonds is 8. The predicted octanol–water partition coefficient (Wildman–Crippen LogP) is 3.78. The van der Waals surface area contributed by atoms with Gasteiger partial charge in [0.05, 0.1) is 32.5 Å². The number of morpholine rings is 1. The molecule has 0 spiro atoms. The van der Waals surface area contributed by atoms with Crippen molar-refractivity contribution in [2.24, 2.45) is 40.9 Å². The van der Waals surface area contributed by atoms with Crippen LogP contribution in [-0.4, -0.2) is 68.5 Å². The van der Waals surface area contributed by atoms with Gasteiger partial charge in [0.2, 0.25) is 0 Å². The maximum Gasteiger partial charge on any atom is 0.150 e. The molecule has 0 bridgehead atoms. The van der Waals surface area contributed by atoms with Crippen molar-refractivity contribution in [1.82, 2.24) is 4.90 Å². The van der Waals surface area contributed by atoms with Gasteiger partial charge in [-0.15, -0.1) is 0 Å². The number of hydrogen-bond donors (Lipinski definition) is 1. The molecule has 1 heterocycles. The minimum absolute atomic E-state index is 0.0301. The van der Waals surface area contributed by atoms with Crippen LogP contribution in [0, 0.1) is 40.9 Å². The molecule has 31 heavy (non-hydrogen) atoms. The summed E-state index contributed by atoms with van der Waals surface area (Å²) < 4.78 is 11.1. The van der Waals surface area contributed by atoms with E-state index in [9.17, 15) is 9.90 Å². The second-order valence-corrected chi connectivity index (χ2v) is 11.1. The summed E-state index contributed by atoms with van der Waals surface area (Å²) in [7, 11) is 1.74. The fourth-order valence-electron chi connectivity index (χ4n) is 8.28. The van der Waals surface area contributed by atoms with Crippen LogP contribution in [0.4, 0.5) is 0 Å². The van der Waals surface area contributed by atoms with Crippen LogP contribution in [0.15, 0.2) is 0 Å². The smallest absolute Gasteiger partial charge is 0.150 e. The number of methoxy groups -OCH3 is 1. The minimum atomic E-state index is -0.0301. The first kappa shape index (κ1) is 23.7. The van der Waals surface area contributed by atoms with Crippen LogP contribution in [-0.2, 0) is 14.3 Å². The van der Waals surface area contributed by atoms with Crippen molar-refractivity contribution < 1.29 is 19.4 Å². The molecule has 3 saturated carbocycles. The molecule has 5 heteroatoms. The molecule has 4 rings (SSSR count). The first-order valence-electron chi connectivity index (χ1n) is 13.0. The van der Waals surface area contributed by atoms with Gasteiger partial charge in [-0.25, -0.2) is 0 Å². The number of aliphatic hydroxyl groups excluding tert-OH is 1. The van der Waals surface area contributed by atoms with E-state index in [1.54, 1.807) is 7.11 Å². The van der Waals surface area contributed by atoms with Gasteiger partial charge in [-0.2, -0.15) is 0 Å². The largest absolute Gasteiger partial charge is 0.394 e. The molecule has 0 aromatic heterocycles. The lowest BCUT2D eigenvalue weighted by atomic mass is 9.50. The molecule has 5 nitrogen and oxygen atoms in total. The molecule has 0 amide bonds. The van der Waals surface area contributed by atoms with E-state index in [4.69, 9.17) is 9.47 Å². The highest BCUT2D eigenvalue weighted by atomic mass is 16.5. The van der Waals surface area contributed by atoms with E-state index in [-0.39, 0.29) is 24.0 Å². The Morgan fingerprint density at radius 1 is 1.16 bits per heavy atom. The van der Waals surface area contributed by atoms with E-state index in [1.807, 2.05) is 0 Å².